The molecule has 1 N–H and O–H groups in total. The average molecular weight is 330 g/mol. The fourth-order valence-electron chi connectivity index (χ4n) is 1.54. The molecule has 0 aliphatic carbocycles. The van der Waals surface area contributed by atoms with Crippen LogP contribution < -0.4 is 5.32 Å². The normalized spacial score (nSPS) is 11.6. The van der Waals surface area contributed by atoms with E-state index in [1.165, 1.54) is 18.3 Å². The van der Waals surface area contributed by atoms with Crippen LogP contribution in [0.15, 0.2) is 22.9 Å². The minimum Gasteiger partial charge on any atom is -0.447 e. The van der Waals surface area contributed by atoms with Gasteiger partial charge in [0.25, 0.3) is 0 Å². The molecular formula is C13H13F3N4O3. The van der Waals surface area contributed by atoms with Gasteiger partial charge in [-0.25, -0.2) is 4.79 Å². The summed E-state index contributed by atoms with van der Waals surface area (Å²) in [6.45, 7) is 3.55. The molecule has 0 radical (unpaired) electrons. The number of alkyl carbamates (subject to hydrolysis) is 1. The first kappa shape index (κ1) is 16.7. The van der Waals surface area contributed by atoms with E-state index in [9.17, 15) is 18.0 Å². The molecule has 0 atom stereocenters. The SMILES string of the molecule is CC(C)OC(=O)NCc1ccc(-c2noc(C(F)(F)F)n2)cn1. The molecule has 2 aromatic heterocycles. The highest BCUT2D eigenvalue weighted by Crippen LogP contribution is 2.29. The number of nitrogens with zero attached hydrogens (tertiary/aromatic N) is 3. The average Bonchev–Trinajstić information content (AvgIpc) is 2.95. The van der Waals surface area contributed by atoms with Gasteiger partial charge in [0.2, 0.25) is 5.82 Å². The Bertz CT molecular complexity index is 668. The van der Waals surface area contributed by atoms with Crippen LogP contribution >= 0.6 is 0 Å². The second kappa shape index (κ2) is 6.63. The van der Waals surface area contributed by atoms with Gasteiger partial charge in [-0.15, -0.1) is 0 Å². The van der Waals surface area contributed by atoms with Crippen LogP contribution in [0.1, 0.15) is 25.4 Å². The van der Waals surface area contributed by atoms with Crippen LogP contribution in [0.25, 0.3) is 11.4 Å². The second-order valence-corrected chi connectivity index (χ2v) is 4.77. The molecule has 2 heterocycles. The molecule has 10 heteroatoms. The largest absolute Gasteiger partial charge is 0.471 e. The van der Waals surface area contributed by atoms with Gasteiger partial charge in [0.1, 0.15) is 0 Å². The van der Waals surface area contributed by atoms with Crippen molar-refractivity contribution in [1.82, 2.24) is 20.4 Å². The smallest absolute Gasteiger partial charge is 0.447 e. The van der Waals surface area contributed by atoms with Crippen molar-refractivity contribution in [2.24, 2.45) is 0 Å². The first-order valence-corrected chi connectivity index (χ1v) is 6.56. The van der Waals surface area contributed by atoms with Gasteiger partial charge >= 0.3 is 18.2 Å². The van der Waals surface area contributed by atoms with E-state index in [1.807, 2.05) is 0 Å². The highest BCUT2D eigenvalue weighted by molar-refractivity contribution is 5.67. The van der Waals surface area contributed by atoms with Crippen LogP contribution in [0.3, 0.4) is 0 Å². The Balaban J connectivity index is 1.99. The van der Waals surface area contributed by atoms with E-state index in [4.69, 9.17) is 4.74 Å². The Labute approximate surface area is 128 Å². The summed E-state index contributed by atoms with van der Waals surface area (Å²) in [6.07, 6.45) is -4.24. The Morgan fingerprint density at radius 1 is 1.39 bits per heavy atom. The van der Waals surface area contributed by atoms with E-state index in [-0.39, 0.29) is 24.0 Å². The molecule has 7 nitrogen and oxygen atoms in total. The van der Waals surface area contributed by atoms with Gasteiger partial charge in [-0.05, 0) is 26.0 Å². The molecular weight excluding hydrogens is 317 g/mol. The Morgan fingerprint density at radius 2 is 2.13 bits per heavy atom. The highest BCUT2D eigenvalue weighted by Gasteiger charge is 2.38. The van der Waals surface area contributed by atoms with Crippen LogP contribution in [0.5, 0.6) is 0 Å². The summed E-state index contributed by atoms with van der Waals surface area (Å²) in [5.74, 6) is -1.64. The van der Waals surface area contributed by atoms with E-state index >= 15 is 0 Å². The standard InChI is InChI=1S/C13H13F3N4O3/c1-7(2)22-12(21)18-6-9-4-3-8(5-17-9)10-19-11(23-20-10)13(14,15)16/h3-5,7H,6H2,1-2H3,(H,18,21). The van der Waals surface area contributed by atoms with E-state index in [0.29, 0.717) is 5.69 Å². The highest BCUT2D eigenvalue weighted by atomic mass is 19.4. The maximum Gasteiger partial charge on any atom is 0.471 e. The molecule has 0 aliphatic heterocycles. The summed E-state index contributed by atoms with van der Waals surface area (Å²) >= 11 is 0. The van der Waals surface area contributed by atoms with Crippen molar-refractivity contribution in [3.63, 3.8) is 0 Å². The quantitative estimate of drug-likeness (QED) is 0.927. The molecule has 0 fully saturated rings. The first-order chi connectivity index (χ1) is 10.8. The number of hydrogen-bond acceptors (Lipinski definition) is 6. The van der Waals surface area contributed by atoms with Gasteiger partial charge in [0, 0.05) is 11.8 Å². The monoisotopic (exact) mass is 330 g/mol. The van der Waals surface area contributed by atoms with Gasteiger partial charge in [0.05, 0.1) is 18.3 Å². The lowest BCUT2D eigenvalue weighted by Gasteiger charge is -2.09. The molecule has 0 aliphatic rings. The number of aromatic nitrogens is 3. The molecule has 0 saturated heterocycles. The number of pyridine rings is 1. The van der Waals surface area contributed by atoms with Gasteiger partial charge in [-0.1, -0.05) is 5.16 Å². The van der Waals surface area contributed by atoms with Gasteiger partial charge in [0.15, 0.2) is 0 Å². The third-order valence-corrected chi connectivity index (χ3v) is 2.51. The Morgan fingerprint density at radius 3 is 2.65 bits per heavy atom. The van der Waals surface area contributed by atoms with Crippen molar-refractivity contribution in [3.05, 3.63) is 29.9 Å². The predicted molar refractivity (Wildman–Crippen MR) is 71.0 cm³/mol. The third-order valence-electron chi connectivity index (χ3n) is 2.51. The fraction of sp³-hybridized carbons (Fsp3) is 0.385. The van der Waals surface area contributed by atoms with E-state index in [1.54, 1.807) is 13.8 Å². The zero-order valence-corrected chi connectivity index (χ0v) is 12.2. The topological polar surface area (TPSA) is 90.1 Å². The molecule has 0 spiro atoms. The molecule has 23 heavy (non-hydrogen) atoms. The zero-order valence-electron chi connectivity index (χ0n) is 12.2. The summed E-state index contributed by atoms with van der Waals surface area (Å²) in [4.78, 5) is 18.6. The van der Waals surface area contributed by atoms with Gasteiger partial charge in [-0.3, -0.25) is 4.98 Å². The summed E-state index contributed by atoms with van der Waals surface area (Å²) in [6, 6.07) is 3.00. The van der Waals surface area contributed by atoms with Crippen molar-refractivity contribution in [1.29, 1.82) is 0 Å². The van der Waals surface area contributed by atoms with E-state index in [0.717, 1.165) is 0 Å². The lowest BCUT2D eigenvalue weighted by atomic mass is 10.2. The maximum atomic E-state index is 12.4. The zero-order chi connectivity index (χ0) is 17.0. The number of rotatable bonds is 4. The van der Waals surface area contributed by atoms with Crippen LogP contribution in [-0.4, -0.2) is 27.3 Å². The minimum absolute atomic E-state index is 0.117. The molecule has 0 bridgehead atoms. The minimum atomic E-state index is -4.70. The lowest BCUT2D eigenvalue weighted by molar-refractivity contribution is -0.159. The number of halogens is 3. The second-order valence-electron chi connectivity index (χ2n) is 4.77. The van der Waals surface area contributed by atoms with Crippen LogP contribution in [-0.2, 0) is 17.5 Å². The number of hydrogen-bond donors (Lipinski definition) is 1. The summed E-state index contributed by atoms with van der Waals surface area (Å²) in [5, 5.41) is 5.74. The maximum absolute atomic E-state index is 12.4. The molecule has 2 aromatic rings. The molecule has 1 amide bonds. The number of carbonyl (C=O) groups excluding carboxylic acids is 1. The van der Waals surface area contributed by atoms with E-state index in [2.05, 4.69) is 25.0 Å². The third kappa shape index (κ3) is 4.66. The van der Waals surface area contributed by atoms with Crippen molar-refractivity contribution < 1.29 is 27.2 Å². The number of alkyl halides is 3. The van der Waals surface area contributed by atoms with Crippen molar-refractivity contribution in [3.8, 4) is 11.4 Å². The van der Waals surface area contributed by atoms with Crippen molar-refractivity contribution >= 4 is 6.09 Å². The van der Waals surface area contributed by atoms with Crippen LogP contribution in [0, 0.1) is 0 Å². The Kier molecular flexibility index (Phi) is 4.82. The number of amides is 1. The fourth-order valence-corrected chi connectivity index (χ4v) is 1.54. The lowest BCUT2D eigenvalue weighted by Crippen LogP contribution is -2.26. The number of ether oxygens (including phenoxy) is 1. The van der Waals surface area contributed by atoms with Gasteiger partial charge in [-0.2, -0.15) is 18.2 Å². The summed E-state index contributed by atoms with van der Waals surface area (Å²) < 4.78 is 46.2. The molecule has 124 valence electrons. The molecule has 2 rings (SSSR count). The van der Waals surface area contributed by atoms with E-state index < -0.39 is 18.2 Å². The molecule has 0 saturated carbocycles. The van der Waals surface area contributed by atoms with Crippen LogP contribution in [0.2, 0.25) is 0 Å². The molecule has 0 unspecified atom stereocenters. The Hall–Kier alpha value is -2.65. The number of nitrogens with one attached hydrogen (secondary N) is 1. The van der Waals surface area contributed by atoms with Gasteiger partial charge < -0.3 is 14.6 Å². The van der Waals surface area contributed by atoms with Crippen molar-refractivity contribution in [2.75, 3.05) is 0 Å². The van der Waals surface area contributed by atoms with Crippen molar-refractivity contribution in [2.45, 2.75) is 32.7 Å². The molecule has 0 aromatic carbocycles. The number of carbonyl (C=O) groups is 1. The summed E-state index contributed by atoms with van der Waals surface area (Å²) in [7, 11) is 0. The first-order valence-electron chi connectivity index (χ1n) is 6.56. The van der Waals surface area contributed by atoms with Crippen LogP contribution in [0.4, 0.5) is 18.0 Å². The predicted octanol–water partition coefficient (Wildman–Crippen LogP) is 2.79. The summed E-state index contributed by atoms with van der Waals surface area (Å²) in [5.41, 5.74) is 0.756.